The van der Waals surface area contributed by atoms with E-state index in [4.69, 9.17) is 5.11 Å². The number of carbonyl (C=O) groups is 2. The minimum atomic E-state index is -0.331. The number of piperidine rings is 1. The number of rotatable bonds is 5. The Morgan fingerprint density at radius 3 is 2.57 bits per heavy atom. The van der Waals surface area contributed by atoms with Crippen molar-refractivity contribution in [2.75, 3.05) is 13.2 Å². The summed E-state index contributed by atoms with van der Waals surface area (Å²) in [6.07, 6.45) is 4.77. The third-order valence-electron chi connectivity index (χ3n) is 5.84. The Balaban J connectivity index is 1.36. The molecule has 2 bridgehead atoms. The highest BCUT2D eigenvalue weighted by atomic mass is 19.1. The van der Waals surface area contributed by atoms with Gasteiger partial charge in [-0.15, -0.1) is 0 Å². The van der Waals surface area contributed by atoms with Crippen LogP contribution in [0.4, 0.5) is 9.18 Å². The van der Waals surface area contributed by atoms with E-state index in [1.807, 2.05) is 4.90 Å². The largest absolute Gasteiger partial charge is 0.395 e. The van der Waals surface area contributed by atoms with Crippen LogP contribution in [0.2, 0.25) is 0 Å². The van der Waals surface area contributed by atoms with Gasteiger partial charge in [-0.25, -0.2) is 9.18 Å². The fourth-order valence-corrected chi connectivity index (χ4v) is 4.50. The minimum Gasteiger partial charge on any atom is -0.395 e. The van der Waals surface area contributed by atoms with Crippen LogP contribution in [0.25, 0.3) is 11.3 Å². The number of carbonyl (C=O) groups excluding carboxylic acids is 2. The van der Waals surface area contributed by atoms with Crippen molar-refractivity contribution in [1.29, 1.82) is 0 Å². The lowest BCUT2D eigenvalue weighted by Gasteiger charge is -2.39. The first-order valence-electron chi connectivity index (χ1n) is 10.2. The van der Waals surface area contributed by atoms with Crippen molar-refractivity contribution in [3.8, 4) is 11.3 Å². The molecule has 0 saturated carbocycles. The standard InChI is InChI=1S/C22H25FN4O3/c23-16-3-1-2-14(10-16)20-7-4-15(13-25-20)21(29)26-17-11-18-5-6-19(12-17)27(18)22(30)24-8-9-28/h1-4,7,10,13,17-19,28H,5-6,8-9,11-12H2,(H,24,30)(H,26,29)/t17?,18-,19+. The third kappa shape index (κ3) is 4.28. The van der Waals surface area contributed by atoms with Gasteiger partial charge in [0, 0.05) is 36.4 Å². The molecule has 0 radical (unpaired) electrons. The van der Waals surface area contributed by atoms with Gasteiger partial charge in [0.25, 0.3) is 5.91 Å². The highest BCUT2D eigenvalue weighted by molar-refractivity contribution is 5.94. The van der Waals surface area contributed by atoms with E-state index in [0.717, 1.165) is 12.8 Å². The molecule has 4 rings (SSSR count). The van der Waals surface area contributed by atoms with Crippen LogP contribution in [-0.4, -0.2) is 58.2 Å². The lowest BCUT2D eigenvalue weighted by molar-refractivity contribution is 0.0883. The molecule has 2 aromatic rings. The predicted octanol–water partition coefficient (Wildman–Crippen LogP) is 2.31. The fraction of sp³-hybridized carbons (Fsp3) is 0.409. The predicted molar refractivity (Wildman–Crippen MR) is 109 cm³/mol. The summed E-state index contributed by atoms with van der Waals surface area (Å²) in [5.74, 6) is -0.530. The number of hydrogen-bond donors (Lipinski definition) is 3. The number of hydrogen-bond acceptors (Lipinski definition) is 4. The maximum Gasteiger partial charge on any atom is 0.317 e. The van der Waals surface area contributed by atoms with Crippen molar-refractivity contribution in [1.82, 2.24) is 20.5 Å². The second-order valence-electron chi connectivity index (χ2n) is 7.83. The zero-order chi connectivity index (χ0) is 21.1. The monoisotopic (exact) mass is 412 g/mol. The molecule has 2 aliphatic heterocycles. The lowest BCUT2D eigenvalue weighted by atomic mass is 9.97. The van der Waals surface area contributed by atoms with Crippen molar-refractivity contribution in [2.24, 2.45) is 0 Å². The molecule has 2 saturated heterocycles. The van der Waals surface area contributed by atoms with E-state index in [9.17, 15) is 14.0 Å². The number of nitrogens with zero attached hydrogens (tertiary/aromatic N) is 2. The van der Waals surface area contributed by atoms with Gasteiger partial charge in [0.05, 0.1) is 17.9 Å². The van der Waals surface area contributed by atoms with E-state index in [0.29, 0.717) is 29.7 Å². The van der Waals surface area contributed by atoms with Crippen LogP contribution < -0.4 is 10.6 Å². The second kappa shape index (κ2) is 8.79. The molecule has 3 amide bonds. The van der Waals surface area contributed by atoms with Crippen LogP contribution >= 0.6 is 0 Å². The average Bonchev–Trinajstić information content (AvgIpc) is 3.02. The van der Waals surface area contributed by atoms with E-state index < -0.39 is 0 Å². The summed E-state index contributed by atoms with van der Waals surface area (Å²) in [5, 5.41) is 14.7. The van der Waals surface area contributed by atoms with E-state index in [2.05, 4.69) is 15.6 Å². The molecular formula is C22H25FN4O3. The Hall–Kier alpha value is -3.00. The van der Waals surface area contributed by atoms with Crippen molar-refractivity contribution >= 4 is 11.9 Å². The Morgan fingerprint density at radius 1 is 1.17 bits per heavy atom. The van der Waals surface area contributed by atoms with E-state index in [-0.39, 0.29) is 49.0 Å². The van der Waals surface area contributed by atoms with Crippen molar-refractivity contribution < 1.29 is 19.1 Å². The number of nitrogens with one attached hydrogen (secondary N) is 2. The first-order chi connectivity index (χ1) is 14.5. The molecule has 1 aromatic carbocycles. The fourth-order valence-electron chi connectivity index (χ4n) is 4.50. The van der Waals surface area contributed by atoms with Gasteiger partial charge in [0.2, 0.25) is 0 Å². The second-order valence-corrected chi connectivity index (χ2v) is 7.83. The number of benzene rings is 1. The van der Waals surface area contributed by atoms with E-state index >= 15 is 0 Å². The first kappa shape index (κ1) is 20.3. The Kier molecular flexibility index (Phi) is 5.94. The molecule has 7 nitrogen and oxygen atoms in total. The summed E-state index contributed by atoms with van der Waals surface area (Å²) >= 11 is 0. The van der Waals surface area contributed by atoms with Crippen LogP contribution in [0.1, 0.15) is 36.0 Å². The molecule has 8 heteroatoms. The first-order valence-corrected chi connectivity index (χ1v) is 10.2. The zero-order valence-electron chi connectivity index (χ0n) is 16.6. The molecule has 158 valence electrons. The van der Waals surface area contributed by atoms with Crippen LogP contribution in [-0.2, 0) is 0 Å². The number of aliphatic hydroxyl groups excluding tert-OH is 1. The molecule has 2 aliphatic rings. The van der Waals surface area contributed by atoms with Gasteiger partial charge in [0.15, 0.2) is 0 Å². The number of aromatic nitrogens is 1. The van der Waals surface area contributed by atoms with Crippen LogP contribution in [0.5, 0.6) is 0 Å². The highest BCUT2D eigenvalue weighted by Gasteiger charge is 2.43. The van der Waals surface area contributed by atoms with Crippen LogP contribution in [0.3, 0.4) is 0 Å². The molecule has 1 aromatic heterocycles. The maximum absolute atomic E-state index is 13.4. The zero-order valence-corrected chi connectivity index (χ0v) is 16.6. The molecule has 0 spiro atoms. The maximum atomic E-state index is 13.4. The Bertz CT molecular complexity index is 907. The van der Waals surface area contributed by atoms with Gasteiger partial charge < -0.3 is 20.6 Å². The number of aliphatic hydroxyl groups is 1. The van der Waals surface area contributed by atoms with Crippen molar-refractivity contribution in [2.45, 2.75) is 43.8 Å². The molecular weight excluding hydrogens is 387 g/mol. The van der Waals surface area contributed by atoms with Crippen molar-refractivity contribution in [3.63, 3.8) is 0 Å². The number of amides is 3. The Morgan fingerprint density at radius 2 is 1.93 bits per heavy atom. The van der Waals surface area contributed by atoms with Gasteiger partial charge in [-0.3, -0.25) is 9.78 Å². The normalized spacial score (nSPS) is 22.6. The molecule has 2 fully saturated rings. The van der Waals surface area contributed by atoms with Gasteiger partial charge in [-0.05, 0) is 49.9 Å². The third-order valence-corrected chi connectivity index (χ3v) is 5.84. The summed E-state index contributed by atoms with van der Waals surface area (Å²) < 4.78 is 13.4. The summed E-state index contributed by atoms with van der Waals surface area (Å²) in [5.41, 5.74) is 1.71. The van der Waals surface area contributed by atoms with Crippen molar-refractivity contribution in [3.05, 3.63) is 54.0 Å². The number of urea groups is 1. The number of fused-ring (bicyclic) bond motifs is 2. The number of halogens is 1. The van der Waals surface area contributed by atoms with Crippen LogP contribution in [0, 0.1) is 5.82 Å². The molecule has 3 N–H and O–H groups in total. The molecule has 0 aliphatic carbocycles. The van der Waals surface area contributed by atoms with Gasteiger partial charge in [0.1, 0.15) is 5.82 Å². The topological polar surface area (TPSA) is 94.6 Å². The van der Waals surface area contributed by atoms with E-state index in [1.54, 1.807) is 24.3 Å². The molecule has 3 atom stereocenters. The number of pyridine rings is 1. The average molecular weight is 412 g/mol. The summed E-state index contributed by atoms with van der Waals surface area (Å²) in [6.45, 7) is 0.160. The quantitative estimate of drug-likeness (QED) is 0.703. The lowest BCUT2D eigenvalue weighted by Crippen LogP contribution is -2.55. The smallest absolute Gasteiger partial charge is 0.317 e. The van der Waals surface area contributed by atoms with Gasteiger partial charge >= 0.3 is 6.03 Å². The minimum absolute atomic E-state index is 0.000197. The molecule has 30 heavy (non-hydrogen) atoms. The highest BCUT2D eigenvalue weighted by Crippen LogP contribution is 2.35. The summed E-state index contributed by atoms with van der Waals surface area (Å²) in [4.78, 5) is 31.2. The van der Waals surface area contributed by atoms with Gasteiger partial charge in [-0.1, -0.05) is 12.1 Å². The molecule has 1 unspecified atom stereocenters. The Labute approximate surface area is 174 Å². The molecule has 3 heterocycles. The SMILES string of the molecule is O=C(NC1C[C@H]2CC[C@@H](C1)N2C(=O)NCCO)c1ccc(-c2cccc(F)c2)nc1. The summed E-state index contributed by atoms with van der Waals surface area (Å²) in [7, 11) is 0. The van der Waals surface area contributed by atoms with Crippen LogP contribution in [0.15, 0.2) is 42.6 Å². The van der Waals surface area contributed by atoms with Gasteiger partial charge in [-0.2, -0.15) is 0 Å². The summed E-state index contributed by atoms with van der Waals surface area (Å²) in [6, 6.07) is 9.63. The van der Waals surface area contributed by atoms with E-state index in [1.165, 1.54) is 18.3 Å².